The number of ether oxygens (including phenoxy) is 2. The number of aliphatic carboxylic acids is 1. The van der Waals surface area contributed by atoms with Crippen LogP contribution in [0.3, 0.4) is 0 Å². The van der Waals surface area contributed by atoms with Crippen molar-refractivity contribution in [2.24, 2.45) is 0 Å². The summed E-state index contributed by atoms with van der Waals surface area (Å²) < 4.78 is 12.7. The summed E-state index contributed by atoms with van der Waals surface area (Å²) in [7, 11) is 9.07. The predicted octanol–water partition coefficient (Wildman–Crippen LogP) is -5.15. The fourth-order valence-corrected chi connectivity index (χ4v) is 2.58. The molecule has 0 radical (unpaired) electrons. The second-order valence-corrected chi connectivity index (χ2v) is 8.44. The fraction of sp³-hybridized carbons (Fsp3) is 0.375. The summed E-state index contributed by atoms with van der Waals surface area (Å²) in [5, 5.41) is 30.0. The van der Waals surface area contributed by atoms with Crippen molar-refractivity contribution in [3.05, 3.63) is 53.9 Å². The van der Waals surface area contributed by atoms with Crippen LogP contribution in [0.2, 0.25) is 0 Å². The van der Waals surface area contributed by atoms with Crippen molar-refractivity contribution in [3.8, 4) is 0 Å². The van der Waals surface area contributed by atoms with Gasteiger partial charge >= 0.3 is 47.5 Å². The minimum atomic E-state index is -1.35. The molecule has 2 amide bonds. The maximum atomic E-state index is 11.3. The summed E-state index contributed by atoms with van der Waals surface area (Å²) in [5.41, 5.74) is 0.129. The Labute approximate surface area is 268 Å². The van der Waals surface area contributed by atoms with Gasteiger partial charge in [-0.3, -0.25) is 28.4 Å². The molecule has 3 aromatic heterocycles. The Morgan fingerprint density at radius 3 is 1.30 bits per heavy atom. The van der Waals surface area contributed by atoms with Gasteiger partial charge in [0.1, 0.15) is 25.3 Å². The number of aromatic carboxylic acids is 1. The van der Waals surface area contributed by atoms with Crippen molar-refractivity contribution in [2.45, 2.75) is 19.6 Å². The van der Waals surface area contributed by atoms with Crippen molar-refractivity contribution in [3.63, 3.8) is 0 Å². The molecule has 0 saturated heterocycles. The monoisotopic (exact) mass is 614 g/mol. The quantitative estimate of drug-likeness (QED) is 0.176. The molecule has 0 aliphatic carbocycles. The van der Waals surface area contributed by atoms with E-state index in [2.05, 4.69) is 24.8 Å². The number of nitrogens with zero attached hydrogens (tertiary/aromatic N) is 8. The zero-order valence-corrected chi connectivity index (χ0v) is 26.8. The number of hydrogen-bond donors (Lipinski definition) is 1. The smallest absolute Gasteiger partial charge is 0.543 e. The van der Waals surface area contributed by atoms with E-state index < -0.39 is 23.9 Å². The van der Waals surface area contributed by atoms with Gasteiger partial charge in [-0.05, 0) is 18.2 Å². The SMILES string of the molecule is CN(C)C(=O)Cn1ccc(C(=O)[O-])n1.COC(=O)c1ccn(CC(=O)N(C)C)n1.COC(=O)c1ccn(CC(=O)O)n1.[Na+]. The number of esters is 2. The van der Waals surface area contributed by atoms with Crippen LogP contribution < -0.4 is 34.7 Å². The van der Waals surface area contributed by atoms with Gasteiger partial charge in [0.05, 0.1) is 20.2 Å². The zero-order chi connectivity index (χ0) is 32.0. The van der Waals surface area contributed by atoms with Crippen LogP contribution in [0, 0.1) is 0 Å². The van der Waals surface area contributed by atoms with Gasteiger partial charge in [0.2, 0.25) is 11.8 Å². The summed E-state index contributed by atoms with van der Waals surface area (Å²) in [5.74, 6) is -3.69. The molecule has 19 heteroatoms. The van der Waals surface area contributed by atoms with E-state index in [1.165, 1.54) is 64.0 Å². The van der Waals surface area contributed by atoms with Crippen LogP contribution in [0.25, 0.3) is 0 Å². The number of methoxy groups -OCH3 is 2. The van der Waals surface area contributed by atoms with Gasteiger partial charge in [0.15, 0.2) is 11.4 Å². The van der Waals surface area contributed by atoms with E-state index in [1.54, 1.807) is 34.4 Å². The Morgan fingerprint density at radius 2 is 1.02 bits per heavy atom. The number of carboxylic acid groups (broad SMARTS) is 2. The van der Waals surface area contributed by atoms with Gasteiger partial charge in [-0.1, -0.05) is 0 Å². The molecule has 0 aliphatic rings. The van der Waals surface area contributed by atoms with Crippen LogP contribution in [0.5, 0.6) is 0 Å². The third-order valence-electron chi connectivity index (χ3n) is 4.81. The second-order valence-electron chi connectivity index (χ2n) is 8.44. The molecule has 0 saturated carbocycles. The Kier molecular flexibility index (Phi) is 16.8. The van der Waals surface area contributed by atoms with Gasteiger partial charge in [-0.15, -0.1) is 0 Å². The third-order valence-corrected chi connectivity index (χ3v) is 4.81. The molecule has 3 aromatic rings. The number of likely N-dealkylation sites (N-methyl/N-ethyl adjacent to an activating group) is 2. The van der Waals surface area contributed by atoms with Gasteiger partial charge in [0.25, 0.3) is 0 Å². The molecule has 0 aromatic carbocycles. The first kappa shape index (κ1) is 38.5. The maximum Gasteiger partial charge on any atom is 1.00 e. The predicted molar refractivity (Wildman–Crippen MR) is 139 cm³/mol. The number of aromatic nitrogens is 6. The molecule has 0 atom stereocenters. The number of carbonyl (C=O) groups is 6. The van der Waals surface area contributed by atoms with E-state index >= 15 is 0 Å². The number of rotatable bonds is 9. The molecule has 3 heterocycles. The molecule has 43 heavy (non-hydrogen) atoms. The number of carbonyl (C=O) groups excluding carboxylic acids is 5. The zero-order valence-electron chi connectivity index (χ0n) is 24.8. The third kappa shape index (κ3) is 13.8. The Morgan fingerprint density at radius 1 is 0.698 bits per heavy atom. The molecule has 228 valence electrons. The average molecular weight is 615 g/mol. The topological polar surface area (TPSA) is 224 Å². The maximum absolute atomic E-state index is 11.3. The van der Waals surface area contributed by atoms with Crippen molar-refractivity contribution >= 4 is 35.7 Å². The van der Waals surface area contributed by atoms with Crippen molar-refractivity contribution in [1.29, 1.82) is 0 Å². The minimum absolute atomic E-state index is 0. The second kappa shape index (κ2) is 18.8. The van der Waals surface area contributed by atoms with Crippen LogP contribution in [-0.4, -0.2) is 122 Å². The van der Waals surface area contributed by atoms with E-state index in [9.17, 15) is 33.9 Å². The van der Waals surface area contributed by atoms with Crippen LogP contribution in [0.1, 0.15) is 31.5 Å². The molecule has 3 rings (SSSR count). The summed E-state index contributed by atoms with van der Waals surface area (Å²) in [6.45, 7) is -0.124. The Bertz CT molecular complexity index is 1400. The van der Waals surface area contributed by atoms with Crippen LogP contribution in [0.15, 0.2) is 36.8 Å². The average Bonchev–Trinajstić information content (AvgIpc) is 3.70. The van der Waals surface area contributed by atoms with Crippen molar-refractivity contribution in [2.75, 3.05) is 42.4 Å². The van der Waals surface area contributed by atoms with Crippen molar-refractivity contribution < 1.29 is 78.0 Å². The summed E-state index contributed by atoms with van der Waals surface area (Å²) >= 11 is 0. The minimum Gasteiger partial charge on any atom is -0.543 e. The first-order chi connectivity index (χ1) is 19.7. The Hall–Kier alpha value is -4.55. The Balaban J connectivity index is 0.000000610. The van der Waals surface area contributed by atoms with E-state index in [0.29, 0.717) is 0 Å². The number of carboxylic acids is 2. The van der Waals surface area contributed by atoms with E-state index in [-0.39, 0.29) is 78.1 Å². The molecular formula is C24H31N8NaO10. The van der Waals surface area contributed by atoms with Gasteiger partial charge in [0, 0.05) is 46.8 Å². The molecule has 18 nitrogen and oxygen atoms in total. The normalized spacial score (nSPS) is 9.53. The first-order valence-corrected chi connectivity index (χ1v) is 11.8. The summed E-state index contributed by atoms with van der Waals surface area (Å²) in [6.07, 6.45) is 4.39. The molecule has 1 N–H and O–H groups in total. The molecule has 0 aliphatic heterocycles. The van der Waals surface area contributed by atoms with Gasteiger partial charge in [-0.2, -0.15) is 15.3 Å². The molecule has 0 unspecified atom stereocenters. The molecular weight excluding hydrogens is 583 g/mol. The van der Waals surface area contributed by atoms with E-state index in [4.69, 9.17) is 5.11 Å². The van der Waals surface area contributed by atoms with E-state index in [1.807, 2.05) is 0 Å². The number of amides is 2. The fourth-order valence-electron chi connectivity index (χ4n) is 2.58. The largest absolute Gasteiger partial charge is 1.00 e. The van der Waals surface area contributed by atoms with Crippen LogP contribution >= 0.6 is 0 Å². The van der Waals surface area contributed by atoms with Gasteiger partial charge in [-0.25, -0.2) is 9.59 Å². The molecule has 0 bridgehead atoms. The van der Waals surface area contributed by atoms with Crippen LogP contribution in [-0.2, 0) is 43.5 Å². The number of hydrogen-bond acceptors (Lipinski definition) is 12. The standard InChI is InChI=1S/C9H13N3O3.C8H11N3O3.C7H8N2O4.Na/c1-11(2)8(13)6-12-5-4-7(10-12)9(14)15-3;1-10(2)7(12)5-11-4-3-6(9-11)8(13)14;1-13-7(12)5-2-3-9(8-5)4-6(10)11;/h4-5H,6H2,1-3H3;3-4H,5H2,1-2H3,(H,13,14);2-3H,4H2,1H3,(H,10,11);/q;;;+1/p-1. The molecule has 0 fully saturated rings. The summed E-state index contributed by atoms with van der Waals surface area (Å²) in [4.78, 5) is 67.9. The van der Waals surface area contributed by atoms with Gasteiger partial charge < -0.3 is 34.3 Å². The van der Waals surface area contributed by atoms with Crippen molar-refractivity contribution in [1.82, 2.24) is 39.1 Å². The van der Waals surface area contributed by atoms with E-state index in [0.717, 1.165) is 4.68 Å². The molecule has 0 spiro atoms. The van der Waals surface area contributed by atoms with Crippen LogP contribution in [0.4, 0.5) is 0 Å². The first-order valence-electron chi connectivity index (χ1n) is 11.8. The summed E-state index contributed by atoms with van der Waals surface area (Å²) in [6, 6.07) is 4.20.